The van der Waals surface area contributed by atoms with E-state index in [4.69, 9.17) is 9.15 Å². The summed E-state index contributed by atoms with van der Waals surface area (Å²) in [6, 6.07) is 20.2. The Labute approximate surface area is 174 Å². The Morgan fingerprint density at radius 2 is 1.76 bits per heavy atom. The lowest BCUT2D eigenvalue weighted by Gasteiger charge is -2.09. The van der Waals surface area contributed by atoms with Crippen LogP contribution in [0.2, 0.25) is 0 Å². The summed E-state index contributed by atoms with van der Waals surface area (Å²) in [7, 11) is 1.70. The summed E-state index contributed by atoms with van der Waals surface area (Å²) in [6.07, 6.45) is 2.50. The van der Waals surface area contributed by atoms with Crippen LogP contribution >= 0.6 is 11.8 Å². The highest BCUT2D eigenvalue weighted by atomic mass is 32.2. The number of hydrogen-bond donors (Lipinski definition) is 0. The molecule has 29 heavy (non-hydrogen) atoms. The van der Waals surface area contributed by atoms with Gasteiger partial charge < -0.3 is 13.7 Å². The van der Waals surface area contributed by atoms with Gasteiger partial charge in [0, 0.05) is 25.6 Å². The minimum Gasteiger partial charge on any atom is -0.440 e. The Balaban J connectivity index is 1.47. The summed E-state index contributed by atoms with van der Waals surface area (Å²) >= 11 is 1.57. The van der Waals surface area contributed by atoms with Gasteiger partial charge in [0.05, 0.1) is 18.6 Å². The number of aromatic nitrogens is 4. The maximum atomic E-state index is 5.90. The van der Waals surface area contributed by atoms with Crippen molar-refractivity contribution in [2.24, 2.45) is 0 Å². The van der Waals surface area contributed by atoms with E-state index in [0.717, 1.165) is 28.7 Å². The summed E-state index contributed by atoms with van der Waals surface area (Å²) < 4.78 is 13.3. The van der Waals surface area contributed by atoms with Gasteiger partial charge in [-0.15, -0.1) is 10.2 Å². The van der Waals surface area contributed by atoms with Crippen molar-refractivity contribution in [2.45, 2.75) is 23.9 Å². The number of rotatable bonds is 9. The van der Waals surface area contributed by atoms with Gasteiger partial charge in [0.15, 0.2) is 10.9 Å². The number of thioether (sulfide) groups is 1. The monoisotopic (exact) mass is 406 g/mol. The predicted molar refractivity (Wildman–Crippen MR) is 113 cm³/mol. The van der Waals surface area contributed by atoms with Crippen LogP contribution < -0.4 is 0 Å². The van der Waals surface area contributed by atoms with Gasteiger partial charge >= 0.3 is 0 Å². The molecule has 148 valence electrons. The second-order valence-corrected chi connectivity index (χ2v) is 7.42. The molecular weight excluding hydrogens is 384 g/mol. The Morgan fingerprint density at radius 1 is 1.00 bits per heavy atom. The first-order valence-electron chi connectivity index (χ1n) is 9.41. The van der Waals surface area contributed by atoms with Crippen molar-refractivity contribution in [3.05, 3.63) is 84.1 Å². The summed E-state index contributed by atoms with van der Waals surface area (Å²) in [4.78, 5) is 4.40. The zero-order chi connectivity index (χ0) is 19.9. The minimum absolute atomic E-state index is 0.587. The Morgan fingerprint density at radius 3 is 2.52 bits per heavy atom. The average molecular weight is 407 g/mol. The number of hydrogen-bond acceptors (Lipinski definition) is 6. The highest BCUT2D eigenvalue weighted by molar-refractivity contribution is 7.98. The first-order valence-corrected chi connectivity index (χ1v) is 10.4. The molecule has 0 saturated heterocycles. The fraction of sp³-hybridized carbons (Fsp3) is 0.227. The molecule has 2 aromatic heterocycles. The van der Waals surface area contributed by atoms with Gasteiger partial charge in [-0.2, -0.15) is 0 Å². The van der Waals surface area contributed by atoms with E-state index in [1.54, 1.807) is 25.1 Å². The van der Waals surface area contributed by atoms with E-state index in [2.05, 4.69) is 31.9 Å². The molecule has 0 unspecified atom stereocenters. The highest BCUT2D eigenvalue weighted by Crippen LogP contribution is 2.26. The van der Waals surface area contributed by atoms with Gasteiger partial charge in [-0.25, -0.2) is 4.98 Å². The second-order valence-electron chi connectivity index (χ2n) is 6.48. The van der Waals surface area contributed by atoms with Crippen molar-refractivity contribution in [3.8, 4) is 11.3 Å². The van der Waals surface area contributed by atoms with E-state index in [1.165, 1.54) is 5.56 Å². The highest BCUT2D eigenvalue weighted by Gasteiger charge is 2.15. The molecule has 2 heterocycles. The molecule has 0 aliphatic carbocycles. The van der Waals surface area contributed by atoms with Crippen LogP contribution in [-0.2, 0) is 23.5 Å². The van der Waals surface area contributed by atoms with Crippen LogP contribution in [0.3, 0.4) is 0 Å². The van der Waals surface area contributed by atoms with Crippen LogP contribution in [0.1, 0.15) is 17.3 Å². The second kappa shape index (κ2) is 9.54. The molecule has 6 nitrogen and oxygen atoms in total. The number of benzene rings is 2. The van der Waals surface area contributed by atoms with E-state index < -0.39 is 0 Å². The van der Waals surface area contributed by atoms with Gasteiger partial charge in [-0.3, -0.25) is 0 Å². The van der Waals surface area contributed by atoms with Crippen LogP contribution in [0.4, 0.5) is 0 Å². The molecule has 7 heteroatoms. The normalized spacial score (nSPS) is 11.1. The molecule has 0 saturated carbocycles. The molecular formula is C22H22N4O2S. The Hall–Kier alpha value is -2.90. The largest absolute Gasteiger partial charge is 0.440 e. The molecule has 2 aromatic carbocycles. The fourth-order valence-corrected chi connectivity index (χ4v) is 3.82. The molecule has 0 atom stereocenters. The molecule has 4 rings (SSSR count). The SMILES string of the molecule is COCCn1c(Cc2ccccc2)nnc1SCc1ncc(-c2ccccc2)o1. The summed E-state index contributed by atoms with van der Waals surface area (Å²) in [5.74, 6) is 2.95. The Bertz CT molecular complexity index is 1030. The molecule has 0 radical (unpaired) electrons. The van der Waals surface area contributed by atoms with Gasteiger partial charge in [0.1, 0.15) is 5.82 Å². The van der Waals surface area contributed by atoms with E-state index in [-0.39, 0.29) is 0 Å². The number of ether oxygens (including phenoxy) is 1. The van der Waals surface area contributed by atoms with Crippen molar-refractivity contribution in [1.29, 1.82) is 0 Å². The van der Waals surface area contributed by atoms with Crippen LogP contribution in [0.25, 0.3) is 11.3 Å². The van der Waals surface area contributed by atoms with E-state index in [9.17, 15) is 0 Å². The standard InChI is InChI=1S/C22H22N4O2S/c1-27-13-12-26-20(14-17-8-4-2-5-9-17)24-25-22(26)29-16-21-23-15-19(28-21)18-10-6-3-7-11-18/h2-11,15H,12-14,16H2,1H3. The lowest BCUT2D eigenvalue weighted by Crippen LogP contribution is -2.10. The van der Waals surface area contributed by atoms with Crippen LogP contribution in [0.15, 0.2) is 76.4 Å². The van der Waals surface area contributed by atoms with Gasteiger partial charge in [0.25, 0.3) is 0 Å². The van der Waals surface area contributed by atoms with Crippen molar-refractivity contribution in [2.75, 3.05) is 13.7 Å². The lowest BCUT2D eigenvalue weighted by atomic mass is 10.1. The van der Waals surface area contributed by atoms with E-state index in [0.29, 0.717) is 24.8 Å². The van der Waals surface area contributed by atoms with Crippen LogP contribution in [-0.4, -0.2) is 33.5 Å². The minimum atomic E-state index is 0.587. The Kier molecular flexibility index (Phi) is 6.38. The molecule has 0 amide bonds. The molecule has 0 N–H and O–H groups in total. The quantitative estimate of drug-likeness (QED) is 0.382. The summed E-state index contributed by atoms with van der Waals surface area (Å²) in [6.45, 7) is 1.30. The third-order valence-corrected chi connectivity index (χ3v) is 5.41. The first kappa shape index (κ1) is 19.4. The number of methoxy groups -OCH3 is 1. The fourth-order valence-electron chi connectivity index (χ4n) is 2.98. The molecule has 0 fully saturated rings. The van der Waals surface area contributed by atoms with Crippen molar-refractivity contribution >= 4 is 11.8 Å². The summed E-state index contributed by atoms with van der Waals surface area (Å²) in [5.41, 5.74) is 2.22. The lowest BCUT2D eigenvalue weighted by molar-refractivity contribution is 0.184. The van der Waals surface area contributed by atoms with E-state index >= 15 is 0 Å². The first-order chi connectivity index (χ1) is 14.3. The van der Waals surface area contributed by atoms with E-state index in [1.807, 2.05) is 48.5 Å². The molecule has 0 aliphatic heterocycles. The van der Waals surface area contributed by atoms with Crippen molar-refractivity contribution in [3.63, 3.8) is 0 Å². The van der Waals surface area contributed by atoms with Crippen LogP contribution in [0, 0.1) is 0 Å². The topological polar surface area (TPSA) is 66.0 Å². The molecule has 0 bridgehead atoms. The maximum absolute atomic E-state index is 5.90. The third-order valence-electron chi connectivity index (χ3n) is 4.45. The number of oxazole rings is 1. The van der Waals surface area contributed by atoms with Gasteiger partial charge in [-0.1, -0.05) is 72.4 Å². The molecule has 4 aromatic rings. The third kappa shape index (κ3) is 4.93. The summed E-state index contributed by atoms with van der Waals surface area (Å²) in [5, 5.41) is 9.65. The predicted octanol–water partition coefficient (Wildman–Crippen LogP) is 4.46. The van der Waals surface area contributed by atoms with Gasteiger partial charge in [0.2, 0.25) is 5.89 Å². The maximum Gasteiger partial charge on any atom is 0.205 e. The van der Waals surface area contributed by atoms with Crippen molar-refractivity contribution < 1.29 is 9.15 Å². The van der Waals surface area contributed by atoms with Crippen LogP contribution in [0.5, 0.6) is 0 Å². The molecule has 0 aliphatic rings. The zero-order valence-corrected chi connectivity index (χ0v) is 17.0. The number of nitrogens with zero attached hydrogens (tertiary/aromatic N) is 4. The zero-order valence-electron chi connectivity index (χ0n) is 16.2. The smallest absolute Gasteiger partial charge is 0.205 e. The average Bonchev–Trinajstić information content (AvgIpc) is 3.39. The molecule has 0 spiro atoms. The van der Waals surface area contributed by atoms with Gasteiger partial charge in [-0.05, 0) is 5.56 Å². The van der Waals surface area contributed by atoms with Crippen molar-refractivity contribution in [1.82, 2.24) is 19.7 Å².